The Morgan fingerprint density at radius 1 is 1.06 bits per heavy atom. The number of aliphatic imine (C=N–C) groups is 1. The molecule has 3 aliphatic heterocycles. The number of methoxy groups -OCH3 is 1. The molecular formula is C39H49N5O5. The summed E-state index contributed by atoms with van der Waals surface area (Å²) in [5, 5.41) is 5.18. The summed E-state index contributed by atoms with van der Waals surface area (Å²) in [6.45, 7) is 16.6. The van der Waals surface area contributed by atoms with Crippen molar-refractivity contribution in [1.29, 1.82) is 0 Å². The van der Waals surface area contributed by atoms with Crippen LogP contribution in [0.15, 0.2) is 53.5 Å². The van der Waals surface area contributed by atoms with Crippen LogP contribution in [0.2, 0.25) is 0 Å². The summed E-state index contributed by atoms with van der Waals surface area (Å²) in [6, 6.07) is 16.7. The first-order valence-corrected chi connectivity index (χ1v) is 17.3. The van der Waals surface area contributed by atoms with E-state index in [9.17, 15) is 4.79 Å². The highest BCUT2D eigenvalue weighted by atomic mass is 16.6. The van der Waals surface area contributed by atoms with Crippen molar-refractivity contribution in [2.24, 2.45) is 4.99 Å². The number of fused-ring (bicyclic) bond motifs is 8. The number of anilines is 1. The Bertz CT molecular complexity index is 1850. The molecule has 7 rings (SSSR count). The molecule has 260 valence electrons. The van der Waals surface area contributed by atoms with Crippen molar-refractivity contribution >= 4 is 23.6 Å². The van der Waals surface area contributed by atoms with Crippen molar-refractivity contribution < 1.29 is 23.7 Å². The summed E-state index contributed by atoms with van der Waals surface area (Å²) in [6.07, 6.45) is 3.22. The van der Waals surface area contributed by atoms with Gasteiger partial charge < -0.3 is 23.8 Å². The molecule has 2 atom stereocenters. The van der Waals surface area contributed by atoms with E-state index in [0.717, 1.165) is 58.8 Å². The van der Waals surface area contributed by atoms with Gasteiger partial charge in [-0.1, -0.05) is 29.8 Å². The number of ether oxygens (including phenoxy) is 4. The lowest BCUT2D eigenvalue weighted by atomic mass is 9.92. The van der Waals surface area contributed by atoms with Crippen molar-refractivity contribution in [3.8, 4) is 28.1 Å². The maximum Gasteiger partial charge on any atom is 0.339 e. The molecule has 5 heterocycles. The predicted octanol–water partition coefficient (Wildman–Crippen LogP) is 7.33. The Hall–Kier alpha value is -4.28. The third-order valence-corrected chi connectivity index (χ3v) is 9.31. The lowest BCUT2D eigenvalue weighted by molar-refractivity contribution is -0.164. The lowest BCUT2D eigenvalue weighted by Crippen LogP contribution is -2.46. The van der Waals surface area contributed by atoms with Gasteiger partial charge in [0.2, 0.25) is 0 Å². The second-order valence-electron chi connectivity index (χ2n) is 14.5. The van der Waals surface area contributed by atoms with Gasteiger partial charge in [0.05, 0.1) is 42.3 Å². The molecule has 0 radical (unpaired) electrons. The van der Waals surface area contributed by atoms with Gasteiger partial charge in [-0.2, -0.15) is 9.61 Å². The zero-order valence-corrected chi connectivity index (χ0v) is 30.1. The summed E-state index contributed by atoms with van der Waals surface area (Å²) in [7, 11) is 1.39. The van der Waals surface area contributed by atoms with Crippen LogP contribution in [0.1, 0.15) is 76.8 Å². The topological polar surface area (TPSA) is 99.8 Å². The Labute approximate surface area is 289 Å². The number of carbonyl (C=O) groups is 1. The van der Waals surface area contributed by atoms with Crippen molar-refractivity contribution in [3.63, 3.8) is 0 Å². The Morgan fingerprint density at radius 2 is 1.82 bits per heavy atom. The number of nitrogens with zero attached hydrogens (tertiary/aromatic N) is 5. The van der Waals surface area contributed by atoms with Gasteiger partial charge in [0.25, 0.3) is 0 Å². The minimum Gasteiger partial charge on any atom is -0.490 e. The largest absolute Gasteiger partial charge is 0.490 e. The molecule has 49 heavy (non-hydrogen) atoms. The second-order valence-corrected chi connectivity index (χ2v) is 14.5. The number of hydrogen-bond acceptors (Lipinski definition) is 9. The Kier molecular flexibility index (Phi) is 9.82. The van der Waals surface area contributed by atoms with Crippen LogP contribution in [0.5, 0.6) is 5.75 Å². The third-order valence-electron chi connectivity index (χ3n) is 9.31. The normalized spacial score (nSPS) is 20.8. The SMILES string of the molecule is COC(=O)[C@@H](OC(C)(C)C)c1c(C)nc2cc3nn2c1N1CCC(C)(CC1)OCC=NCCC(C)Oc1ccc(C)cc1-c1cccc-3c1. The van der Waals surface area contributed by atoms with Crippen molar-refractivity contribution in [1.82, 2.24) is 14.6 Å². The minimum absolute atomic E-state index is 0.0184. The highest BCUT2D eigenvalue weighted by Crippen LogP contribution is 2.39. The molecule has 10 nitrogen and oxygen atoms in total. The molecule has 2 aromatic carbocycles. The smallest absolute Gasteiger partial charge is 0.339 e. The molecule has 0 amide bonds. The first kappa shape index (κ1) is 34.6. The molecule has 1 unspecified atom stereocenters. The van der Waals surface area contributed by atoms with E-state index in [2.05, 4.69) is 67.1 Å². The van der Waals surface area contributed by atoms with Crippen LogP contribution in [0.3, 0.4) is 0 Å². The molecule has 0 aliphatic carbocycles. The molecule has 1 saturated heterocycles. The summed E-state index contributed by atoms with van der Waals surface area (Å²) in [5.74, 6) is 1.13. The van der Waals surface area contributed by atoms with E-state index in [0.29, 0.717) is 43.1 Å². The number of aromatic nitrogens is 3. The first-order chi connectivity index (χ1) is 23.3. The molecule has 0 N–H and O–H groups in total. The van der Waals surface area contributed by atoms with Crippen LogP contribution < -0.4 is 9.64 Å². The van der Waals surface area contributed by atoms with E-state index < -0.39 is 17.7 Å². The quantitative estimate of drug-likeness (QED) is 0.210. The van der Waals surface area contributed by atoms with Crippen molar-refractivity contribution in [2.75, 3.05) is 38.3 Å². The fourth-order valence-corrected chi connectivity index (χ4v) is 6.62. The predicted molar refractivity (Wildman–Crippen MR) is 193 cm³/mol. The molecule has 10 heteroatoms. The number of rotatable bonds is 3. The monoisotopic (exact) mass is 667 g/mol. The van der Waals surface area contributed by atoms with Crippen molar-refractivity contribution in [2.45, 2.75) is 91.1 Å². The van der Waals surface area contributed by atoms with Crippen LogP contribution in [-0.2, 0) is 19.0 Å². The van der Waals surface area contributed by atoms with Crippen LogP contribution in [0, 0.1) is 13.8 Å². The van der Waals surface area contributed by atoms with Gasteiger partial charge in [0.15, 0.2) is 11.8 Å². The van der Waals surface area contributed by atoms with E-state index >= 15 is 0 Å². The average Bonchev–Trinajstić information content (AvgIpc) is 3.48. The zero-order valence-electron chi connectivity index (χ0n) is 30.1. The molecule has 3 aliphatic rings. The molecular weight excluding hydrogens is 618 g/mol. The van der Waals surface area contributed by atoms with Crippen LogP contribution in [0.25, 0.3) is 28.0 Å². The van der Waals surface area contributed by atoms with E-state index in [1.54, 1.807) is 0 Å². The number of hydrogen-bond donors (Lipinski definition) is 0. The summed E-state index contributed by atoms with van der Waals surface area (Å²) in [4.78, 5) is 25.3. The fourth-order valence-electron chi connectivity index (χ4n) is 6.62. The van der Waals surface area contributed by atoms with Gasteiger partial charge in [0.1, 0.15) is 11.6 Å². The standard InChI is InChI=1S/C39H49N5O5/c1-25-12-13-32-30(22-25)28-10-9-11-29(23-28)31-24-33-41-27(3)34(35(37(45)46-8)49-38(4,5)6)36(44(33)42-31)43-19-15-39(7,16-20-43)47-21-18-40-17-14-26(2)48-32/h9-13,18,22-24,26,35H,14-17,19-21H2,1-8H3/t26?,35-/m0/s1. The molecule has 1 fully saturated rings. The average molecular weight is 668 g/mol. The summed E-state index contributed by atoms with van der Waals surface area (Å²) in [5.41, 5.74) is 6.01. The highest BCUT2D eigenvalue weighted by Gasteiger charge is 2.38. The number of piperidine rings is 1. The van der Waals surface area contributed by atoms with Gasteiger partial charge in [0, 0.05) is 55.2 Å². The molecule has 2 aromatic heterocycles. The Balaban J connectivity index is 1.54. The molecule has 4 aromatic rings. The first-order valence-electron chi connectivity index (χ1n) is 17.3. The Morgan fingerprint density at radius 3 is 2.55 bits per heavy atom. The second kappa shape index (κ2) is 13.9. The molecule has 6 bridgehead atoms. The number of benzene rings is 2. The van der Waals surface area contributed by atoms with Crippen molar-refractivity contribution in [3.05, 3.63) is 65.4 Å². The lowest BCUT2D eigenvalue weighted by Gasteiger charge is -2.41. The van der Waals surface area contributed by atoms with Gasteiger partial charge in [-0.25, -0.2) is 9.78 Å². The number of esters is 1. The third kappa shape index (κ3) is 7.65. The van der Waals surface area contributed by atoms with Crippen LogP contribution in [0.4, 0.5) is 5.82 Å². The van der Waals surface area contributed by atoms with E-state index in [1.165, 1.54) is 7.11 Å². The zero-order chi connectivity index (χ0) is 34.9. The van der Waals surface area contributed by atoms with Crippen LogP contribution >= 0.6 is 0 Å². The molecule has 0 spiro atoms. The number of carbonyl (C=O) groups excluding carboxylic acids is 1. The van der Waals surface area contributed by atoms with E-state index in [1.807, 2.05) is 50.6 Å². The maximum absolute atomic E-state index is 13.4. The van der Waals surface area contributed by atoms with Gasteiger partial charge in [-0.3, -0.25) is 4.99 Å². The summed E-state index contributed by atoms with van der Waals surface area (Å²) < 4.78 is 26.5. The van der Waals surface area contributed by atoms with E-state index in [4.69, 9.17) is 29.0 Å². The van der Waals surface area contributed by atoms with Gasteiger partial charge >= 0.3 is 5.97 Å². The number of aryl methyl sites for hydroxylation is 2. The van der Waals surface area contributed by atoms with Crippen LogP contribution in [-0.4, -0.2) is 77.4 Å². The fraction of sp³-hybridized carbons (Fsp3) is 0.487. The van der Waals surface area contributed by atoms with Gasteiger partial charge in [-0.05, 0) is 85.1 Å². The van der Waals surface area contributed by atoms with E-state index in [-0.39, 0.29) is 11.7 Å². The molecule has 0 saturated carbocycles. The summed E-state index contributed by atoms with van der Waals surface area (Å²) >= 11 is 0. The maximum atomic E-state index is 13.4. The minimum atomic E-state index is -0.995. The highest BCUT2D eigenvalue weighted by molar-refractivity contribution is 5.81. The van der Waals surface area contributed by atoms with Gasteiger partial charge in [-0.15, -0.1) is 0 Å².